The van der Waals surface area contributed by atoms with E-state index in [0.29, 0.717) is 50.9 Å². The van der Waals surface area contributed by atoms with Crippen LogP contribution in [0.15, 0.2) is 48.5 Å². The van der Waals surface area contributed by atoms with E-state index in [4.69, 9.17) is 33.3 Å². The number of alkyl carbamates (subject to hydrolysis) is 1. The second kappa shape index (κ2) is 13.4. The zero-order valence-electron chi connectivity index (χ0n) is 23.0. The lowest BCUT2D eigenvalue weighted by Gasteiger charge is -2.33. The highest BCUT2D eigenvalue weighted by atomic mass is 16.7. The summed E-state index contributed by atoms with van der Waals surface area (Å²) >= 11 is 0. The molecule has 41 heavy (non-hydrogen) atoms. The minimum Gasteiger partial charge on any atom is -0.454 e. The molecule has 1 amide bonds. The molecule has 5 atom stereocenters. The first-order chi connectivity index (χ1) is 20.1. The lowest BCUT2D eigenvalue weighted by atomic mass is 10.0. The maximum absolute atomic E-state index is 13.1. The lowest BCUT2D eigenvalue weighted by Crippen LogP contribution is -2.51. The molecule has 222 valence electrons. The predicted molar refractivity (Wildman–Crippen MR) is 145 cm³/mol. The molecule has 0 aromatic heterocycles. The number of fused-ring (bicyclic) bond motifs is 2. The molecular weight excluding hydrogens is 532 g/mol. The molecule has 0 radical (unpaired) electrons. The molecule has 0 bridgehead atoms. The van der Waals surface area contributed by atoms with Crippen LogP contribution in [0.2, 0.25) is 0 Å². The summed E-state index contributed by atoms with van der Waals surface area (Å²) in [6, 6.07) is 14.9. The number of carbonyl (C=O) groups is 1. The van der Waals surface area contributed by atoms with Gasteiger partial charge in [0.1, 0.15) is 6.10 Å². The Labute approximate surface area is 239 Å². The third kappa shape index (κ3) is 7.29. The normalized spacial score (nSPS) is 25.2. The van der Waals surface area contributed by atoms with E-state index in [9.17, 15) is 9.90 Å². The summed E-state index contributed by atoms with van der Waals surface area (Å²) in [4.78, 5) is 19.5. The van der Waals surface area contributed by atoms with E-state index >= 15 is 0 Å². The molecule has 4 heterocycles. The second-order valence-electron chi connectivity index (χ2n) is 10.9. The molecule has 3 saturated heterocycles. The van der Waals surface area contributed by atoms with E-state index in [1.165, 1.54) is 0 Å². The molecule has 0 saturated carbocycles. The van der Waals surface area contributed by atoms with Crippen LogP contribution in [-0.2, 0) is 36.8 Å². The van der Waals surface area contributed by atoms with E-state index < -0.39 is 18.2 Å². The van der Waals surface area contributed by atoms with Crippen molar-refractivity contribution in [2.45, 2.75) is 62.9 Å². The molecule has 0 spiro atoms. The average Bonchev–Trinajstić information content (AvgIpc) is 3.73. The fraction of sp³-hybridized carbons (Fsp3) is 0.567. The Kier molecular flexibility index (Phi) is 9.19. The van der Waals surface area contributed by atoms with Gasteiger partial charge >= 0.3 is 6.09 Å². The minimum absolute atomic E-state index is 0.0283. The van der Waals surface area contributed by atoms with E-state index in [1.807, 2.05) is 48.5 Å². The number of aliphatic hydroxyl groups excluding tert-OH is 1. The van der Waals surface area contributed by atoms with Crippen molar-refractivity contribution in [3.8, 4) is 11.5 Å². The molecule has 6 rings (SSSR count). The number of amides is 1. The van der Waals surface area contributed by atoms with Gasteiger partial charge in [0, 0.05) is 19.8 Å². The smallest absolute Gasteiger partial charge is 0.407 e. The first-order valence-electron chi connectivity index (χ1n) is 14.4. The molecular formula is C30H38N2O9. The number of rotatable bonds is 11. The van der Waals surface area contributed by atoms with Crippen molar-refractivity contribution < 1.29 is 43.2 Å². The van der Waals surface area contributed by atoms with Gasteiger partial charge in [-0.2, -0.15) is 5.06 Å². The Morgan fingerprint density at radius 3 is 2.68 bits per heavy atom. The minimum atomic E-state index is -0.959. The quantitative estimate of drug-likeness (QED) is 0.391. The highest BCUT2D eigenvalue weighted by Gasteiger charge is 2.44. The highest BCUT2D eigenvalue weighted by molar-refractivity contribution is 5.68. The van der Waals surface area contributed by atoms with Gasteiger partial charge in [-0.3, -0.25) is 4.84 Å². The number of hydrogen-bond donors (Lipinski definition) is 2. The van der Waals surface area contributed by atoms with Crippen molar-refractivity contribution in [3.63, 3.8) is 0 Å². The molecule has 4 aliphatic rings. The lowest BCUT2D eigenvalue weighted by molar-refractivity contribution is -0.231. The number of ether oxygens (including phenoxy) is 6. The van der Waals surface area contributed by atoms with Crippen LogP contribution in [0.5, 0.6) is 11.5 Å². The summed E-state index contributed by atoms with van der Waals surface area (Å²) in [7, 11) is 0. The number of benzene rings is 2. The highest BCUT2D eigenvalue weighted by Crippen LogP contribution is 2.34. The summed E-state index contributed by atoms with van der Waals surface area (Å²) in [5.41, 5.74) is 1.94. The van der Waals surface area contributed by atoms with Crippen LogP contribution in [0.1, 0.15) is 30.4 Å². The predicted octanol–water partition coefficient (Wildman–Crippen LogP) is 2.79. The van der Waals surface area contributed by atoms with Crippen molar-refractivity contribution in [2.75, 3.05) is 39.8 Å². The number of nitrogens with one attached hydrogen (secondary N) is 1. The molecule has 4 aliphatic heterocycles. The summed E-state index contributed by atoms with van der Waals surface area (Å²) in [6.45, 7) is 2.93. The number of hydrogen-bond acceptors (Lipinski definition) is 10. The topological polar surface area (TPSA) is 117 Å². The van der Waals surface area contributed by atoms with Gasteiger partial charge in [-0.15, -0.1) is 0 Å². The summed E-state index contributed by atoms with van der Waals surface area (Å²) in [6.07, 6.45) is 0.473. The molecule has 11 nitrogen and oxygen atoms in total. The average molecular weight is 571 g/mol. The summed E-state index contributed by atoms with van der Waals surface area (Å²) in [5, 5.41) is 16.3. The third-order valence-electron chi connectivity index (χ3n) is 7.96. The molecule has 2 N–H and O–H groups in total. The Morgan fingerprint density at radius 2 is 1.83 bits per heavy atom. The fourth-order valence-electron chi connectivity index (χ4n) is 5.74. The largest absolute Gasteiger partial charge is 0.454 e. The van der Waals surface area contributed by atoms with Gasteiger partial charge in [0.15, 0.2) is 17.8 Å². The van der Waals surface area contributed by atoms with Crippen LogP contribution in [0.4, 0.5) is 4.79 Å². The van der Waals surface area contributed by atoms with Crippen molar-refractivity contribution in [3.05, 3.63) is 59.7 Å². The van der Waals surface area contributed by atoms with Gasteiger partial charge in [-0.05, 0) is 48.9 Å². The van der Waals surface area contributed by atoms with Crippen LogP contribution in [-0.4, -0.2) is 86.7 Å². The number of carbonyl (C=O) groups excluding carboxylic acids is 1. The second-order valence-corrected chi connectivity index (χ2v) is 10.9. The fourth-order valence-corrected chi connectivity index (χ4v) is 5.74. The van der Waals surface area contributed by atoms with Gasteiger partial charge in [0.25, 0.3) is 0 Å². The van der Waals surface area contributed by atoms with Crippen molar-refractivity contribution in [2.24, 2.45) is 5.92 Å². The van der Waals surface area contributed by atoms with Crippen molar-refractivity contribution in [1.29, 1.82) is 0 Å². The Morgan fingerprint density at radius 1 is 1.00 bits per heavy atom. The van der Waals surface area contributed by atoms with Crippen molar-refractivity contribution >= 4 is 6.09 Å². The van der Waals surface area contributed by atoms with Gasteiger partial charge in [-0.25, -0.2) is 4.79 Å². The number of aliphatic hydroxyl groups is 1. The van der Waals surface area contributed by atoms with Gasteiger partial charge in [0.2, 0.25) is 6.79 Å². The summed E-state index contributed by atoms with van der Waals surface area (Å²) < 4.78 is 33.4. The molecule has 11 heteroatoms. The van der Waals surface area contributed by atoms with Gasteiger partial charge in [0.05, 0.1) is 43.9 Å². The van der Waals surface area contributed by atoms with Crippen molar-refractivity contribution in [1.82, 2.24) is 10.4 Å². The maximum atomic E-state index is 13.1. The first-order valence-corrected chi connectivity index (χ1v) is 14.4. The zero-order chi connectivity index (χ0) is 28.0. The number of hydroxylamine groups is 2. The molecule has 2 aromatic carbocycles. The number of nitrogens with zero attached hydrogens (tertiary/aromatic N) is 1. The van der Waals surface area contributed by atoms with Crippen LogP contribution in [0, 0.1) is 5.92 Å². The Hall–Kier alpha value is -2.93. The summed E-state index contributed by atoms with van der Waals surface area (Å²) in [5.74, 6) is 1.43. The SMILES string of the molecule is O=C(NC(Cc1ccccc1)C(O)CN(Cc1ccc2c(c1)OCO2)OC1CCOCC1)OC1COC2OCCC12. The van der Waals surface area contributed by atoms with Gasteiger partial charge < -0.3 is 38.8 Å². The van der Waals surface area contributed by atoms with Crippen LogP contribution < -0.4 is 14.8 Å². The first kappa shape index (κ1) is 28.2. The molecule has 0 aliphatic carbocycles. The molecule has 5 unspecified atom stereocenters. The van der Waals surface area contributed by atoms with Crippen LogP contribution in [0.3, 0.4) is 0 Å². The monoisotopic (exact) mass is 570 g/mol. The van der Waals surface area contributed by atoms with Crippen LogP contribution in [0.25, 0.3) is 0 Å². The van der Waals surface area contributed by atoms with E-state index in [0.717, 1.165) is 30.4 Å². The Bertz CT molecular complexity index is 1150. The molecule has 2 aromatic rings. The standard InChI is InChI=1S/C30H38N2O9/c33-25(17-32(41-22-8-11-35-12-9-22)16-21-6-7-26-27(15-21)39-19-38-26)24(14-20-4-2-1-3-5-20)31-30(34)40-28-18-37-29-23(28)10-13-36-29/h1-7,15,22-25,28-29,33H,8-14,16-19H2,(H,31,34). The van der Waals surface area contributed by atoms with E-state index in [1.54, 1.807) is 5.06 Å². The van der Waals surface area contributed by atoms with E-state index in [2.05, 4.69) is 5.32 Å². The zero-order valence-corrected chi connectivity index (χ0v) is 23.0. The van der Waals surface area contributed by atoms with E-state index in [-0.39, 0.29) is 37.8 Å². The van der Waals surface area contributed by atoms with Crippen LogP contribution >= 0.6 is 0 Å². The third-order valence-corrected chi connectivity index (χ3v) is 7.96. The Balaban J connectivity index is 1.15. The molecule has 3 fully saturated rings. The maximum Gasteiger partial charge on any atom is 0.407 e. The van der Waals surface area contributed by atoms with Gasteiger partial charge in [-0.1, -0.05) is 36.4 Å².